The Balaban J connectivity index is 2.17. The van der Waals surface area contributed by atoms with Crippen LogP contribution in [0.1, 0.15) is 26.2 Å². The molecule has 0 saturated heterocycles. The third-order valence-corrected chi connectivity index (χ3v) is 4.45. The highest BCUT2D eigenvalue weighted by molar-refractivity contribution is 5.84. The summed E-state index contributed by atoms with van der Waals surface area (Å²) in [5.41, 5.74) is 3.85. The summed E-state index contributed by atoms with van der Waals surface area (Å²) >= 11 is 0. The van der Waals surface area contributed by atoms with Crippen molar-refractivity contribution in [3.05, 3.63) is 65.0 Å². The van der Waals surface area contributed by atoms with Gasteiger partial charge in [-0.2, -0.15) is 0 Å². The minimum Gasteiger partial charge on any atom is -0.388 e. The van der Waals surface area contributed by atoms with Crippen molar-refractivity contribution in [1.29, 1.82) is 0 Å². The third-order valence-electron chi connectivity index (χ3n) is 4.45. The lowest BCUT2D eigenvalue weighted by atomic mass is 10.0. The maximum Gasteiger partial charge on any atom is 0.258 e. The smallest absolute Gasteiger partial charge is 0.258 e. The predicted octanol–water partition coefficient (Wildman–Crippen LogP) is 4.90. The molecule has 3 rings (SSSR count). The molecule has 0 aliphatic carbocycles. The second-order valence-corrected chi connectivity index (χ2v) is 6.11. The maximum atomic E-state index is 13.1. The first kappa shape index (κ1) is 16.3. The van der Waals surface area contributed by atoms with Crippen LogP contribution in [0.3, 0.4) is 0 Å². The number of pyridine rings is 1. The Morgan fingerprint density at radius 1 is 1.00 bits per heavy atom. The fraction of sp³-hybridized carbons (Fsp3) is 0.286. The van der Waals surface area contributed by atoms with Crippen LogP contribution in [0.4, 0.5) is 5.69 Å². The molecule has 1 aromatic heterocycles. The number of fused-ring (bicyclic) bond motifs is 1. The van der Waals surface area contributed by atoms with Gasteiger partial charge in [-0.05, 0) is 41.6 Å². The van der Waals surface area contributed by atoms with E-state index in [0.29, 0.717) is 0 Å². The first-order valence-corrected chi connectivity index (χ1v) is 8.65. The SMILES string of the molecule is CCCCCn1c(=O)c(-c2cccc(NC)c2)cc2ccccc21. The van der Waals surface area contributed by atoms with Gasteiger partial charge in [-0.3, -0.25) is 4.79 Å². The summed E-state index contributed by atoms with van der Waals surface area (Å²) in [4.78, 5) is 13.1. The van der Waals surface area contributed by atoms with Gasteiger partial charge in [0.1, 0.15) is 0 Å². The number of rotatable bonds is 6. The van der Waals surface area contributed by atoms with Crippen molar-refractivity contribution in [2.24, 2.45) is 0 Å². The topological polar surface area (TPSA) is 34.0 Å². The number of unbranched alkanes of at least 4 members (excludes halogenated alkanes) is 2. The van der Waals surface area contributed by atoms with E-state index in [1.54, 1.807) is 0 Å². The van der Waals surface area contributed by atoms with Crippen molar-refractivity contribution in [2.45, 2.75) is 32.7 Å². The average Bonchev–Trinajstić information content (AvgIpc) is 2.63. The van der Waals surface area contributed by atoms with Crippen molar-refractivity contribution >= 4 is 16.6 Å². The Morgan fingerprint density at radius 3 is 2.62 bits per heavy atom. The number of benzene rings is 2. The van der Waals surface area contributed by atoms with Gasteiger partial charge in [0.2, 0.25) is 0 Å². The molecule has 1 N–H and O–H groups in total. The maximum absolute atomic E-state index is 13.1. The highest BCUT2D eigenvalue weighted by atomic mass is 16.1. The first-order valence-electron chi connectivity index (χ1n) is 8.65. The molecule has 0 radical (unpaired) electrons. The Kier molecular flexibility index (Phi) is 4.99. The standard InChI is InChI=1S/C21H24N2O/c1-3-4-7-13-23-20-12-6-5-9-17(20)15-19(21(23)24)16-10-8-11-18(14-16)22-2/h5-6,8-12,14-15,22H,3-4,7,13H2,1-2H3. The van der Waals surface area contributed by atoms with Crippen LogP contribution in [0.15, 0.2) is 59.4 Å². The Morgan fingerprint density at radius 2 is 1.83 bits per heavy atom. The summed E-state index contributed by atoms with van der Waals surface area (Å²) in [5, 5.41) is 4.25. The minimum absolute atomic E-state index is 0.0954. The van der Waals surface area contributed by atoms with Crippen LogP contribution in [-0.4, -0.2) is 11.6 Å². The van der Waals surface area contributed by atoms with E-state index in [1.165, 1.54) is 0 Å². The molecular weight excluding hydrogens is 296 g/mol. The van der Waals surface area contributed by atoms with Crippen LogP contribution in [-0.2, 0) is 6.54 Å². The zero-order valence-electron chi connectivity index (χ0n) is 14.4. The minimum atomic E-state index is 0.0954. The summed E-state index contributed by atoms with van der Waals surface area (Å²) in [5.74, 6) is 0. The molecule has 0 amide bonds. The first-order chi connectivity index (χ1) is 11.7. The fourth-order valence-corrected chi connectivity index (χ4v) is 3.12. The van der Waals surface area contributed by atoms with Gasteiger partial charge in [0.15, 0.2) is 0 Å². The number of hydrogen-bond donors (Lipinski definition) is 1. The van der Waals surface area contributed by atoms with E-state index in [2.05, 4.69) is 18.3 Å². The van der Waals surface area contributed by atoms with Gasteiger partial charge >= 0.3 is 0 Å². The van der Waals surface area contributed by atoms with Crippen molar-refractivity contribution < 1.29 is 0 Å². The summed E-state index contributed by atoms with van der Waals surface area (Å²) in [6.45, 7) is 2.95. The van der Waals surface area contributed by atoms with Crippen LogP contribution in [0.5, 0.6) is 0 Å². The molecule has 0 saturated carbocycles. The third kappa shape index (κ3) is 3.21. The van der Waals surface area contributed by atoms with Gasteiger partial charge in [0.25, 0.3) is 5.56 Å². The molecule has 1 heterocycles. The quantitative estimate of drug-likeness (QED) is 0.655. The lowest BCUT2D eigenvalue weighted by molar-refractivity contribution is 0.603. The summed E-state index contributed by atoms with van der Waals surface area (Å²) in [6.07, 6.45) is 3.32. The lowest BCUT2D eigenvalue weighted by Gasteiger charge is -2.13. The van der Waals surface area contributed by atoms with Crippen molar-refractivity contribution in [3.63, 3.8) is 0 Å². The molecule has 0 spiro atoms. The van der Waals surface area contributed by atoms with E-state index in [9.17, 15) is 4.79 Å². The predicted molar refractivity (Wildman–Crippen MR) is 103 cm³/mol. The summed E-state index contributed by atoms with van der Waals surface area (Å²) < 4.78 is 1.94. The van der Waals surface area contributed by atoms with Crippen molar-refractivity contribution in [1.82, 2.24) is 4.57 Å². The molecule has 0 unspecified atom stereocenters. The van der Waals surface area contributed by atoms with E-state index in [1.807, 2.05) is 60.1 Å². The molecule has 3 nitrogen and oxygen atoms in total. The van der Waals surface area contributed by atoms with E-state index < -0.39 is 0 Å². The Bertz CT molecular complexity index is 896. The Hall–Kier alpha value is -2.55. The van der Waals surface area contributed by atoms with Gasteiger partial charge in [-0.25, -0.2) is 0 Å². The van der Waals surface area contributed by atoms with E-state index in [-0.39, 0.29) is 5.56 Å². The largest absolute Gasteiger partial charge is 0.388 e. The van der Waals surface area contributed by atoms with Gasteiger partial charge in [-0.1, -0.05) is 50.1 Å². The van der Waals surface area contributed by atoms with Crippen LogP contribution in [0.25, 0.3) is 22.0 Å². The normalized spacial score (nSPS) is 10.9. The van der Waals surface area contributed by atoms with Crippen LogP contribution in [0.2, 0.25) is 0 Å². The van der Waals surface area contributed by atoms with Gasteiger partial charge in [0.05, 0.1) is 5.52 Å². The molecule has 3 aromatic rings. The lowest BCUT2D eigenvalue weighted by Crippen LogP contribution is -2.22. The van der Waals surface area contributed by atoms with Gasteiger partial charge in [0, 0.05) is 24.8 Å². The molecule has 0 aliphatic heterocycles. The van der Waals surface area contributed by atoms with E-state index in [4.69, 9.17) is 0 Å². The molecule has 0 bridgehead atoms. The monoisotopic (exact) mass is 320 g/mol. The van der Waals surface area contributed by atoms with E-state index >= 15 is 0 Å². The molecule has 0 atom stereocenters. The number of hydrogen-bond acceptors (Lipinski definition) is 2. The molecule has 3 heteroatoms. The van der Waals surface area contributed by atoms with Crippen LogP contribution >= 0.6 is 0 Å². The molecular formula is C21H24N2O. The van der Waals surface area contributed by atoms with E-state index in [0.717, 1.165) is 53.5 Å². The summed E-state index contributed by atoms with van der Waals surface area (Å²) in [6, 6.07) is 18.2. The number of aryl methyl sites for hydroxylation is 1. The molecule has 124 valence electrons. The van der Waals surface area contributed by atoms with Gasteiger partial charge in [-0.15, -0.1) is 0 Å². The summed E-state index contributed by atoms with van der Waals surface area (Å²) in [7, 11) is 1.89. The fourth-order valence-electron chi connectivity index (χ4n) is 3.12. The number of anilines is 1. The van der Waals surface area contributed by atoms with Crippen LogP contribution in [0, 0.1) is 0 Å². The highest BCUT2D eigenvalue weighted by Crippen LogP contribution is 2.23. The number of nitrogens with zero attached hydrogens (tertiary/aromatic N) is 1. The number of nitrogens with one attached hydrogen (secondary N) is 1. The number of para-hydroxylation sites is 1. The second-order valence-electron chi connectivity index (χ2n) is 6.11. The molecule has 2 aromatic carbocycles. The Labute approximate surface area is 143 Å². The highest BCUT2D eigenvalue weighted by Gasteiger charge is 2.11. The van der Waals surface area contributed by atoms with Crippen LogP contribution < -0.4 is 10.9 Å². The number of aromatic nitrogens is 1. The zero-order chi connectivity index (χ0) is 16.9. The van der Waals surface area contributed by atoms with Crippen molar-refractivity contribution in [3.8, 4) is 11.1 Å². The molecule has 0 fully saturated rings. The second kappa shape index (κ2) is 7.35. The zero-order valence-corrected chi connectivity index (χ0v) is 14.4. The van der Waals surface area contributed by atoms with Crippen molar-refractivity contribution in [2.75, 3.05) is 12.4 Å². The molecule has 24 heavy (non-hydrogen) atoms. The molecule has 0 aliphatic rings. The average molecular weight is 320 g/mol. The van der Waals surface area contributed by atoms with Gasteiger partial charge < -0.3 is 9.88 Å².